The van der Waals surface area contributed by atoms with E-state index in [0.29, 0.717) is 47.4 Å². The molecule has 1 fully saturated rings. The van der Waals surface area contributed by atoms with Gasteiger partial charge in [0, 0.05) is 23.5 Å². The maximum atomic E-state index is 13.6. The third kappa shape index (κ3) is 4.57. The summed E-state index contributed by atoms with van der Waals surface area (Å²) in [6.07, 6.45) is 1.65. The summed E-state index contributed by atoms with van der Waals surface area (Å²) >= 11 is 0. The lowest BCUT2D eigenvalue weighted by molar-refractivity contribution is -0.186. The summed E-state index contributed by atoms with van der Waals surface area (Å²) in [6, 6.07) is 11.0. The Hall–Kier alpha value is -3.76. The first-order valence-corrected chi connectivity index (χ1v) is 10.2. The zero-order valence-corrected chi connectivity index (χ0v) is 17.2. The third-order valence-corrected chi connectivity index (χ3v) is 4.98. The van der Waals surface area contributed by atoms with Gasteiger partial charge in [0.1, 0.15) is 5.82 Å². The van der Waals surface area contributed by atoms with Crippen LogP contribution in [-0.2, 0) is 9.47 Å². The van der Waals surface area contributed by atoms with Crippen LogP contribution in [0.5, 0.6) is 0 Å². The van der Waals surface area contributed by atoms with E-state index in [1.165, 1.54) is 24.4 Å². The highest BCUT2D eigenvalue weighted by molar-refractivity contribution is 5.77. The molecule has 10 heteroatoms. The molecular formula is C23H18F3N5O2. The van der Waals surface area contributed by atoms with E-state index in [2.05, 4.69) is 25.3 Å². The van der Waals surface area contributed by atoms with Gasteiger partial charge in [0.2, 0.25) is 12.2 Å². The number of ether oxygens (including phenoxy) is 2. The van der Waals surface area contributed by atoms with Crippen molar-refractivity contribution >= 4 is 11.6 Å². The van der Waals surface area contributed by atoms with Gasteiger partial charge < -0.3 is 19.8 Å². The van der Waals surface area contributed by atoms with E-state index in [1.54, 1.807) is 18.2 Å². The molecule has 168 valence electrons. The van der Waals surface area contributed by atoms with E-state index in [-0.39, 0.29) is 11.8 Å². The van der Waals surface area contributed by atoms with Gasteiger partial charge in [-0.1, -0.05) is 0 Å². The van der Waals surface area contributed by atoms with Crippen LogP contribution in [0.2, 0.25) is 0 Å². The third-order valence-electron chi connectivity index (χ3n) is 4.98. The number of H-pyrrole nitrogens is 1. The minimum atomic E-state index is -0.986. The summed E-state index contributed by atoms with van der Waals surface area (Å²) in [4.78, 5) is 16.5. The zero-order valence-electron chi connectivity index (χ0n) is 17.2. The Bertz CT molecular complexity index is 1270. The van der Waals surface area contributed by atoms with Crippen molar-refractivity contribution in [3.05, 3.63) is 78.0 Å². The van der Waals surface area contributed by atoms with Crippen molar-refractivity contribution in [2.24, 2.45) is 0 Å². The fraction of sp³-hybridized carbons (Fsp3) is 0.174. The van der Waals surface area contributed by atoms with Crippen LogP contribution in [-0.4, -0.2) is 33.1 Å². The van der Waals surface area contributed by atoms with E-state index < -0.39 is 17.9 Å². The molecule has 2 aromatic heterocycles. The number of halogens is 3. The SMILES string of the molecule is Fc1ccc(-c2nc(C3OCCCO3)[nH]c2-c2ccnc(Nc3ccc(F)c(F)c3)n2)cc1. The molecule has 33 heavy (non-hydrogen) atoms. The molecule has 0 aliphatic carbocycles. The number of aromatic amines is 1. The number of rotatable bonds is 5. The molecule has 0 bridgehead atoms. The van der Waals surface area contributed by atoms with Crippen LogP contribution in [0.4, 0.5) is 24.8 Å². The molecule has 1 saturated heterocycles. The fourth-order valence-corrected chi connectivity index (χ4v) is 3.41. The molecule has 1 aliphatic rings. The standard InChI is InChI=1S/C23H18F3N5O2/c24-14-4-2-13(3-5-14)19-20(31-21(30-19)22-32-10-1-11-33-22)18-8-9-27-23(29-18)28-15-6-7-16(25)17(26)12-15/h2-9,12,22H,1,10-11H2,(H,30,31)(H,27,28,29). The van der Waals surface area contributed by atoms with Gasteiger partial charge in [-0.2, -0.15) is 0 Å². The molecule has 0 atom stereocenters. The molecular weight excluding hydrogens is 435 g/mol. The van der Waals surface area contributed by atoms with Gasteiger partial charge in [0.05, 0.1) is 30.3 Å². The molecule has 0 saturated carbocycles. The van der Waals surface area contributed by atoms with E-state index in [0.717, 1.165) is 18.6 Å². The fourth-order valence-electron chi connectivity index (χ4n) is 3.41. The molecule has 5 rings (SSSR count). The van der Waals surface area contributed by atoms with Crippen molar-refractivity contribution in [3.8, 4) is 22.6 Å². The van der Waals surface area contributed by atoms with Crippen molar-refractivity contribution in [2.75, 3.05) is 18.5 Å². The van der Waals surface area contributed by atoms with Gasteiger partial charge in [-0.25, -0.2) is 28.1 Å². The molecule has 3 heterocycles. The molecule has 0 unspecified atom stereocenters. The first-order chi connectivity index (χ1) is 16.1. The second kappa shape index (κ2) is 9.00. The highest BCUT2D eigenvalue weighted by atomic mass is 19.2. The number of hydrogen-bond donors (Lipinski definition) is 2. The van der Waals surface area contributed by atoms with Crippen LogP contribution in [0.3, 0.4) is 0 Å². The minimum absolute atomic E-state index is 0.171. The Morgan fingerprint density at radius 3 is 2.45 bits per heavy atom. The van der Waals surface area contributed by atoms with E-state index >= 15 is 0 Å². The first kappa shape index (κ1) is 21.1. The Balaban J connectivity index is 1.53. The molecule has 0 spiro atoms. The number of imidazole rings is 1. The summed E-state index contributed by atoms with van der Waals surface area (Å²) in [6.45, 7) is 1.09. The maximum Gasteiger partial charge on any atom is 0.227 e. The Labute approximate surface area is 186 Å². The van der Waals surface area contributed by atoms with Crippen LogP contribution in [0.15, 0.2) is 54.7 Å². The summed E-state index contributed by atoms with van der Waals surface area (Å²) < 4.78 is 51.6. The van der Waals surface area contributed by atoms with Crippen molar-refractivity contribution in [1.29, 1.82) is 0 Å². The molecule has 2 N–H and O–H groups in total. The zero-order chi connectivity index (χ0) is 22.8. The van der Waals surface area contributed by atoms with Crippen molar-refractivity contribution < 1.29 is 22.6 Å². The number of hydrogen-bond acceptors (Lipinski definition) is 6. The van der Waals surface area contributed by atoms with E-state index in [9.17, 15) is 13.2 Å². The molecule has 2 aromatic carbocycles. The smallest absolute Gasteiger partial charge is 0.227 e. The van der Waals surface area contributed by atoms with Gasteiger partial charge in [-0.3, -0.25) is 0 Å². The average molecular weight is 453 g/mol. The summed E-state index contributed by atoms with van der Waals surface area (Å²) in [5.74, 6) is -1.67. The number of anilines is 2. The van der Waals surface area contributed by atoms with Crippen molar-refractivity contribution in [1.82, 2.24) is 19.9 Å². The van der Waals surface area contributed by atoms with Crippen LogP contribution in [0, 0.1) is 17.5 Å². The van der Waals surface area contributed by atoms with Gasteiger partial charge in [-0.15, -0.1) is 0 Å². The predicted molar refractivity (Wildman–Crippen MR) is 114 cm³/mol. The average Bonchev–Trinajstić information content (AvgIpc) is 3.28. The van der Waals surface area contributed by atoms with Crippen LogP contribution >= 0.6 is 0 Å². The van der Waals surface area contributed by atoms with Gasteiger partial charge >= 0.3 is 0 Å². The number of nitrogens with one attached hydrogen (secondary N) is 2. The highest BCUT2D eigenvalue weighted by Crippen LogP contribution is 2.33. The number of aromatic nitrogens is 4. The van der Waals surface area contributed by atoms with Crippen molar-refractivity contribution in [3.63, 3.8) is 0 Å². The van der Waals surface area contributed by atoms with E-state index in [1.807, 2.05) is 0 Å². The lowest BCUT2D eigenvalue weighted by Gasteiger charge is -2.21. The van der Waals surface area contributed by atoms with Crippen LogP contribution < -0.4 is 5.32 Å². The molecule has 0 amide bonds. The van der Waals surface area contributed by atoms with E-state index in [4.69, 9.17) is 9.47 Å². The lowest BCUT2D eigenvalue weighted by Crippen LogP contribution is -2.18. The Kier molecular flexibility index (Phi) is 5.76. The molecule has 0 radical (unpaired) electrons. The Morgan fingerprint density at radius 1 is 0.909 bits per heavy atom. The van der Waals surface area contributed by atoms with Gasteiger partial charge in [-0.05, 0) is 48.9 Å². The van der Waals surface area contributed by atoms with Crippen molar-refractivity contribution in [2.45, 2.75) is 12.7 Å². The molecule has 7 nitrogen and oxygen atoms in total. The normalized spacial score (nSPS) is 14.4. The molecule has 4 aromatic rings. The van der Waals surface area contributed by atoms with Crippen LogP contribution in [0.1, 0.15) is 18.5 Å². The van der Waals surface area contributed by atoms with Crippen LogP contribution in [0.25, 0.3) is 22.6 Å². The second-order valence-electron chi connectivity index (χ2n) is 7.30. The largest absolute Gasteiger partial charge is 0.346 e. The summed E-state index contributed by atoms with van der Waals surface area (Å²) in [7, 11) is 0. The minimum Gasteiger partial charge on any atom is -0.346 e. The second-order valence-corrected chi connectivity index (χ2v) is 7.30. The highest BCUT2D eigenvalue weighted by Gasteiger charge is 2.24. The summed E-state index contributed by atoms with van der Waals surface area (Å²) in [5, 5.41) is 2.86. The van der Waals surface area contributed by atoms with Gasteiger partial charge in [0.25, 0.3) is 0 Å². The maximum absolute atomic E-state index is 13.6. The summed E-state index contributed by atoms with van der Waals surface area (Å²) in [5.41, 5.74) is 2.51. The Morgan fingerprint density at radius 2 is 1.70 bits per heavy atom. The first-order valence-electron chi connectivity index (χ1n) is 10.2. The number of benzene rings is 2. The quantitative estimate of drug-likeness (QED) is 0.436. The number of nitrogens with zero attached hydrogens (tertiary/aromatic N) is 3. The monoisotopic (exact) mass is 453 g/mol. The lowest BCUT2D eigenvalue weighted by atomic mass is 10.1. The molecule has 1 aliphatic heterocycles. The topological polar surface area (TPSA) is 85.0 Å². The predicted octanol–water partition coefficient (Wildman–Crippen LogP) is 5.13. The van der Waals surface area contributed by atoms with Gasteiger partial charge in [0.15, 0.2) is 17.5 Å².